The summed E-state index contributed by atoms with van der Waals surface area (Å²) in [5.41, 5.74) is 0.549. The number of hydrogen-bond acceptors (Lipinski definition) is 4. The Labute approximate surface area is 168 Å². The third kappa shape index (κ3) is 5.19. The minimum atomic E-state index is -0.614. The molecular formula is C19H21Cl2N3O3. The van der Waals surface area contributed by atoms with Crippen molar-refractivity contribution >= 4 is 34.8 Å². The van der Waals surface area contributed by atoms with Crippen molar-refractivity contribution in [1.82, 2.24) is 10.2 Å². The molecule has 6 nitrogen and oxygen atoms in total. The third-order valence-electron chi connectivity index (χ3n) is 4.37. The Hall–Kier alpha value is -2.15. The van der Waals surface area contributed by atoms with Crippen LogP contribution in [0.1, 0.15) is 35.8 Å². The first-order chi connectivity index (χ1) is 12.9. The predicted octanol–water partition coefficient (Wildman–Crippen LogP) is 4.71. The standard InChI is InChI=1S/C19H21Cl2N3O3/c1-3-23(4-2)18(14-7-5-6-8-16(14)21)12-22-19(25)15-10-9-13(20)11-17(15)24(26)27/h5-11,18H,3-4,12H2,1-2H3,(H,22,25). The van der Waals surface area contributed by atoms with Gasteiger partial charge in [0.2, 0.25) is 0 Å². The Morgan fingerprint density at radius 1 is 1.19 bits per heavy atom. The zero-order valence-corrected chi connectivity index (χ0v) is 16.6. The van der Waals surface area contributed by atoms with Crippen molar-refractivity contribution < 1.29 is 9.72 Å². The second kappa shape index (κ2) is 9.69. The molecule has 0 aromatic heterocycles. The number of rotatable bonds is 8. The Morgan fingerprint density at radius 2 is 1.85 bits per heavy atom. The molecule has 0 aliphatic rings. The van der Waals surface area contributed by atoms with Gasteiger partial charge >= 0.3 is 0 Å². The fourth-order valence-electron chi connectivity index (χ4n) is 2.98. The molecule has 144 valence electrons. The number of nitro benzene ring substituents is 1. The molecule has 0 heterocycles. The van der Waals surface area contributed by atoms with Crippen molar-refractivity contribution in [2.75, 3.05) is 19.6 Å². The predicted molar refractivity (Wildman–Crippen MR) is 108 cm³/mol. The maximum atomic E-state index is 12.6. The van der Waals surface area contributed by atoms with E-state index in [4.69, 9.17) is 23.2 Å². The number of carbonyl (C=O) groups is 1. The summed E-state index contributed by atoms with van der Waals surface area (Å²) in [5.74, 6) is -0.525. The topological polar surface area (TPSA) is 75.5 Å². The lowest BCUT2D eigenvalue weighted by atomic mass is 10.0. The number of nitrogens with zero attached hydrogens (tertiary/aromatic N) is 2. The van der Waals surface area contributed by atoms with E-state index in [9.17, 15) is 14.9 Å². The minimum Gasteiger partial charge on any atom is -0.350 e. The first-order valence-electron chi connectivity index (χ1n) is 8.59. The van der Waals surface area contributed by atoms with Crippen LogP contribution >= 0.6 is 23.2 Å². The third-order valence-corrected chi connectivity index (χ3v) is 4.95. The zero-order chi connectivity index (χ0) is 20.0. The van der Waals surface area contributed by atoms with E-state index in [-0.39, 0.29) is 28.9 Å². The van der Waals surface area contributed by atoms with Crippen molar-refractivity contribution in [1.29, 1.82) is 0 Å². The quantitative estimate of drug-likeness (QED) is 0.505. The van der Waals surface area contributed by atoms with Crippen molar-refractivity contribution in [2.24, 2.45) is 0 Å². The van der Waals surface area contributed by atoms with Crippen LogP contribution in [0.5, 0.6) is 0 Å². The number of carbonyl (C=O) groups excluding carboxylic acids is 1. The van der Waals surface area contributed by atoms with Crippen LogP contribution < -0.4 is 5.32 Å². The summed E-state index contributed by atoms with van der Waals surface area (Å²) in [7, 11) is 0. The molecule has 0 radical (unpaired) electrons. The molecule has 0 fully saturated rings. The molecule has 0 saturated heterocycles. The van der Waals surface area contributed by atoms with Crippen LogP contribution in [0.2, 0.25) is 10.0 Å². The molecule has 2 aromatic rings. The smallest absolute Gasteiger partial charge is 0.283 e. The highest BCUT2D eigenvalue weighted by atomic mass is 35.5. The van der Waals surface area contributed by atoms with Gasteiger partial charge in [-0.3, -0.25) is 19.8 Å². The molecule has 1 unspecified atom stereocenters. The summed E-state index contributed by atoms with van der Waals surface area (Å²) >= 11 is 12.2. The average molecular weight is 410 g/mol. The molecule has 0 aliphatic heterocycles. The van der Waals surface area contributed by atoms with Gasteiger partial charge in [0, 0.05) is 22.7 Å². The molecule has 8 heteroatoms. The van der Waals surface area contributed by atoms with Crippen molar-refractivity contribution in [3.05, 3.63) is 73.8 Å². The summed E-state index contributed by atoms with van der Waals surface area (Å²) < 4.78 is 0. The van der Waals surface area contributed by atoms with E-state index in [0.717, 1.165) is 18.7 Å². The van der Waals surface area contributed by atoms with Crippen molar-refractivity contribution in [3.8, 4) is 0 Å². The molecule has 0 bridgehead atoms. The largest absolute Gasteiger partial charge is 0.350 e. The van der Waals surface area contributed by atoms with E-state index in [1.54, 1.807) is 6.07 Å². The van der Waals surface area contributed by atoms with Gasteiger partial charge in [0.25, 0.3) is 11.6 Å². The number of likely N-dealkylation sites (N-methyl/N-ethyl adjacent to an activating group) is 1. The monoisotopic (exact) mass is 409 g/mol. The van der Waals surface area contributed by atoms with Crippen LogP contribution in [0.4, 0.5) is 5.69 Å². The number of halogens is 2. The average Bonchev–Trinajstić information content (AvgIpc) is 2.65. The number of nitrogens with one attached hydrogen (secondary N) is 1. The van der Waals surface area contributed by atoms with E-state index in [2.05, 4.69) is 10.2 Å². The number of benzene rings is 2. The van der Waals surface area contributed by atoms with Gasteiger partial charge in [0.15, 0.2) is 0 Å². The van der Waals surface area contributed by atoms with E-state index < -0.39 is 10.8 Å². The zero-order valence-electron chi connectivity index (χ0n) is 15.1. The lowest BCUT2D eigenvalue weighted by Gasteiger charge is -2.30. The fourth-order valence-corrected chi connectivity index (χ4v) is 3.41. The van der Waals surface area contributed by atoms with E-state index >= 15 is 0 Å². The summed E-state index contributed by atoms with van der Waals surface area (Å²) in [6.45, 7) is 5.86. The van der Waals surface area contributed by atoms with Crippen LogP contribution in [0.15, 0.2) is 42.5 Å². The first-order valence-corrected chi connectivity index (χ1v) is 9.35. The van der Waals surface area contributed by atoms with Crippen LogP contribution in [0.25, 0.3) is 0 Å². The van der Waals surface area contributed by atoms with Gasteiger partial charge in [0.05, 0.1) is 11.0 Å². The molecule has 1 atom stereocenters. The van der Waals surface area contributed by atoms with Gasteiger partial charge in [0.1, 0.15) is 5.56 Å². The molecular weight excluding hydrogens is 389 g/mol. The summed E-state index contributed by atoms with van der Waals surface area (Å²) in [6.07, 6.45) is 0. The number of amides is 1. The molecule has 0 aliphatic carbocycles. The summed E-state index contributed by atoms with van der Waals surface area (Å²) in [6, 6.07) is 11.3. The molecule has 1 N–H and O–H groups in total. The van der Waals surface area contributed by atoms with E-state index in [0.29, 0.717) is 5.02 Å². The minimum absolute atomic E-state index is 0.0261. The van der Waals surface area contributed by atoms with E-state index in [1.807, 2.05) is 32.0 Å². The highest BCUT2D eigenvalue weighted by molar-refractivity contribution is 6.31. The lowest BCUT2D eigenvalue weighted by Crippen LogP contribution is -2.38. The maximum Gasteiger partial charge on any atom is 0.283 e. The Kier molecular flexibility index (Phi) is 7.59. The van der Waals surface area contributed by atoms with Gasteiger partial charge in [-0.1, -0.05) is 55.2 Å². The van der Waals surface area contributed by atoms with Gasteiger partial charge in [-0.25, -0.2) is 0 Å². The molecule has 2 rings (SSSR count). The second-order valence-corrected chi connectivity index (χ2v) is 6.73. The van der Waals surface area contributed by atoms with Crippen LogP contribution in [0.3, 0.4) is 0 Å². The maximum absolute atomic E-state index is 12.6. The second-order valence-electron chi connectivity index (χ2n) is 5.89. The van der Waals surface area contributed by atoms with Gasteiger partial charge in [-0.05, 0) is 36.9 Å². The van der Waals surface area contributed by atoms with Gasteiger partial charge in [-0.15, -0.1) is 0 Å². The fraction of sp³-hybridized carbons (Fsp3) is 0.316. The Balaban J connectivity index is 2.26. The lowest BCUT2D eigenvalue weighted by molar-refractivity contribution is -0.385. The summed E-state index contributed by atoms with van der Waals surface area (Å²) in [4.78, 5) is 25.4. The van der Waals surface area contributed by atoms with Gasteiger partial charge < -0.3 is 5.32 Å². The molecule has 2 aromatic carbocycles. The SMILES string of the molecule is CCN(CC)C(CNC(=O)c1ccc(Cl)cc1[N+](=O)[O-])c1ccccc1Cl. The number of hydrogen-bond donors (Lipinski definition) is 1. The molecule has 0 saturated carbocycles. The Morgan fingerprint density at radius 3 is 2.44 bits per heavy atom. The van der Waals surface area contributed by atoms with Crippen LogP contribution in [0, 0.1) is 10.1 Å². The van der Waals surface area contributed by atoms with Gasteiger partial charge in [-0.2, -0.15) is 0 Å². The first kappa shape index (κ1) is 21.2. The molecule has 1 amide bonds. The van der Waals surface area contributed by atoms with E-state index in [1.165, 1.54) is 18.2 Å². The van der Waals surface area contributed by atoms with Crippen LogP contribution in [-0.2, 0) is 0 Å². The normalized spacial score (nSPS) is 12.0. The highest BCUT2D eigenvalue weighted by Gasteiger charge is 2.24. The highest BCUT2D eigenvalue weighted by Crippen LogP contribution is 2.28. The van der Waals surface area contributed by atoms with Crippen molar-refractivity contribution in [3.63, 3.8) is 0 Å². The Bertz CT molecular complexity index is 826. The van der Waals surface area contributed by atoms with Crippen LogP contribution in [-0.4, -0.2) is 35.4 Å². The molecule has 27 heavy (non-hydrogen) atoms. The van der Waals surface area contributed by atoms with Crippen molar-refractivity contribution in [2.45, 2.75) is 19.9 Å². The number of nitro groups is 1. The molecule has 0 spiro atoms. The summed E-state index contributed by atoms with van der Waals surface area (Å²) in [5, 5.41) is 14.8.